The van der Waals surface area contributed by atoms with Crippen LogP contribution in [0.1, 0.15) is 19.2 Å². The molecule has 6 nitrogen and oxygen atoms in total. The van der Waals surface area contributed by atoms with Crippen molar-refractivity contribution in [2.24, 2.45) is 5.92 Å². The first kappa shape index (κ1) is 13.2. The van der Waals surface area contributed by atoms with Crippen LogP contribution in [0.2, 0.25) is 0 Å². The topological polar surface area (TPSA) is 75.3 Å². The summed E-state index contributed by atoms with van der Waals surface area (Å²) in [5, 5.41) is 13.6. The maximum atomic E-state index is 9.60. The molecule has 0 spiro atoms. The summed E-state index contributed by atoms with van der Waals surface area (Å²) in [5.74, 6) is 1.46. The Bertz CT molecular complexity index is 555. The molecule has 3 rings (SSSR count). The van der Waals surface area contributed by atoms with Crippen LogP contribution in [0.3, 0.4) is 0 Å². The summed E-state index contributed by atoms with van der Waals surface area (Å²) in [4.78, 5) is 10.8. The molecule has 0 aliphatic carbocycles. The van der Waals surface area contributed by atoms with Gasteiger partial charge < -0.3 is 9.63 Å². The van der Waals surface area contributed by atoms with Gasteiger partial charge in [-0.05, 0) is 37.9 Å². The predicted octanol–water partition coefficient (Wildman–Crippen LogP) is 1.33. The van der Waals surface area contributed by atoms with E-state index in [1.807, 2.05) is 25.1 Å². The molecular weight excluding hydrogens is 256 g/mol. The third-order valence-electron chi connectivity index (χ3n) is 3.71. The molecule has 0 saturated carbocycles. The number of aliphatic hydroxyl groups excluding tert-OH is 1. The van der Waals surface area contributed by atoms with Crippen LogP contribution in [-0.4, -0.2) is 44.3 Å². The van der Waals surface area contributed by atoms with Crippen LogP contribution >= 0.6 is 0 Å². The molecule has 1 N–H and O–H groups in total. The van der Waals surface area contributed by atoms with Crippen molar-refractivity contribution < 1.29 is 9.63 Å². The van der Waals surface area contributed by atoms with Crippen molar-refractivity contribution in [3.63, 3.8) is 0 Å². The van der Waals surface area contributed by atoms with Crippen LogP contribution in [0.4, 0.5) is 0 Å². The number of nitrogens with zero attached hydrogens (tertiary/aromatic N) is 4. The Balaban J connectivity index is 1.64. The van der Waals surface area contributed by atoms with Crippen LogP contribution in [0, 0.1) is 5.92 Å². The largest absolute Gasteiger partial charge is 0.393 e. The lowest BCUT2D eigenvalue weighted by Gasteiger charge is -2.15. The van der Waals surface area contributed by atoms with Crippen molar-refractivity contribution in [1.29, 1.82) is 0 Å². The van der Waals surface area contributed by atoms with Gasteiger partial charge in [0, 0.05) is 12.7 Å². The lowest BCUT2D eigenvalue weighted by molar-refractivity contribution is 0.125. The van der Waals surface area contributed by atoms with E-state index in [1.54, 1.807) is 6.20 Å². The first-order chi connectivity index (χ1) is 9.72. The summed E-state index contributed by atoms with van der Waals surface area (Å²) >= 11 is 0. The zero-order valence-corrected chi connectivity index (χ0v) is 11.4. The molecule has 1 fully saturated rings. The molecule has 6 heteroatoms. The van der Waals surface area contributed by atoms with Crippen molar-refractivity contribution in [2.45, 2.75) is 26.0 Å². The Morgan fingerprint density at radius 1 is 1.50 bits per heavy atom. The first-order valence-electron chi connectivity index (χ1n) is 6.87. The lowest BCUT2D eigenvalue weighted by Crippen LogP contribution is -2.24. The number of hydrogen-bond acceptors (Lipinski definition) is 6. The maximum Gasteiger partial charge on any atom is 0.241 e. The second kappa shape index (κ2) is 5.68. The van der Waals surface area contributed by atoms with Crippen molar-refractivity contribution >= 4 is 0 Å². The number of rotatable bonds is 4. The highest BCUT2D eigenvalue weighted by Crippen LogP contribution is 2.21. The molecule has 2 aromatic rings. The minimum atomic E-state index is -0.258. The van der Waals surface area contributed by atoms with E-state index in [1.165, 1.54) is 0 Å². The van der Waals surface area contributed by atoms with Gasteiger partial charge >= 0.3 is 0 Å². The lowest BCUT2D eigenvalue weighted by atomic mass is 10.0. The van der Waals surface area contributed by atoms with Gasteiger partial charge in [0.05, 0.1) is 12.6 Å². The number of aliphatic hydroxyl groups is 1. The van der Waals surface area contributed by atoms with Gasteiger partial charge in [0.15, 0.2) is 0 Å². The highest BCUT2D eigenvalue weighted by atomic mass is 16.5. The van der Waals surface area contributed by atoms with Gasteiger partial charge in [-0.2, -0.15) is 4.98 Å². The third kappa shape index (κ3) is 2.86. The van der Waals surface area contributed by atoms with E-state index in [0.29, 0.717) is 29.9 Å². The Kier molecular flexibility index (Phi) is 3.75. The molecule has 1 aliphatic rings. The molecule has 0 radical (unpaired) electrons. The minimum Gasteiger partial charge on any atom is -0.393 e. The van der Waals surface area contributed by atoms with E-state index < -0.39 is 0 Å². The molecule has 0 amide bonds. The Morgan fingerprint density at radius 3 is 3.10 bits per heavy atom. The second-order valence-electron chi connectivity index (χ2n) is 5.25. The molecule has 3 heterocycles. The van der Waals surface area contributed by atoms with Gasteiger partial charge in [-0.25, -0.2) is 0 Å². The van der Waals surface area contributed by atoms with Gasteiger partial charge in [-0.3, -0.25) is 9.88 Å². The zero-order chi connectivity index (χ0) is 13.9. The van der Waals surface area contributed by atoms with Gasteiger partial charge in [0.1, 0.15) is 5.69 Å². The quantitative estimate of drug-likeness (QED) is 0.906. The summed E-state index contributed by atoms with van der Waals surface area (Å²) in [6.07, 6.45) is 2.46. The fourth-order valence-corrected chi connectivity index (χ4v) is 2.51. The molecule has 2 aromatic heterocycles. The van der Waals surface area contributed by atoms with E-state index in [0.717, 1.165) is 19.5 Å². The van der Waals surface area contributed by atoms with Crippen molar-refractivity contribution in [2.75, 3.05) is 13.1 Å². The van der Waals surface area contributed by atoms with E-state index >= 15 is 0 Å². The van der Waals surface area contributed by atoms with E-state index in [9.17, 15) is 5.11 Å². The number of hydrogen-bond donors (Lipinski definition) is 1. The van der Waals surface area contributed by atoms with Crippen LogP contribution in [0.15, 0.2) is 28.9 Å². The predicted molar refractivity (Wildman–Crippen MR) is 72.6 cm³/mol. The molecule has 20 heavy (non-hydrogen) atoms. The molecule has 0 aromatic carbocycles. The van der Waals surface area contributed by atoms with Crippen LogP contribution in [0.25, 0.3) is 11.5 Å². The average molecular weight is 274 g/mol. The van der Waals surface area contributed by atoms with E-state index in [4.69, 9.17) is 4.52 Å². The summed E-state index contributed by atoms with van der Waals surface area (Å²) in [5.41, 5.74) is 0.714. The monoisotopic (exact) mass is 274 g/mol. The number of aromatic nitrogens is 3. The maximum absolute atomic E-state index is 9.60. The van der Waals surface area contributed by atoms with Crippen LogP contribution in [-0.2, 0) is 6.54 Å². The number of pyridine rings is 1. The molecule has 2 unspecified atom stereocenters. The Hall–Kier alpha value is -1.79. The van der Waals surface area contributed by atoms with Gasteiger partial charge in [0.25, 0.3) is 0 Å². The fraction of sp³-hybridized carbons (Fsp3) is 0.500. The third-order valence-corrected chi connectivity index (χ3v) is 3.71. The second-order valence-corrected chi connectivity index (χ2v) is 5.25. The first-order valence-corrected chi connectivity index (χ1v) is 6.87. The standard InChI is InChI=1S/C14H18N4O2/c1-10(19)11-5-7-18(8-11)9-13-16-14(17-20-13)12-4-2-3-6-15-12/h2-4,6,10-11,19H,5,7-9H2,1H3. The molecule has 1 saturated heterocycles. The SMILES string of the molecule is CC(O)C1CCN(Cc2nc(-c3ccccn3)no2)C1. The molecule has 0 bridgehead atoms. The highest BCUT2D eigenvalue weighted by molar-refractivity contribution is 5.46. The molecule has 106 valence electrons. The van der Waals surface area contributed by atoms with E-state index in [-0.39, 0.29) is 6.10 Å². The molecule has 2 atom stereocenters. The Labute approximate surface area is 117 Å². The average Bonchev–Trinajstić information content (AvgIpc) is 3.10. The minimum absolute atomic E-state index is 0.258. The normalized spacial score (nSPS) is 21.2. The Morgan fingerprint density at radius 2 is 2.40 bits per heavy atom. The molecular formula is C14H18N4O2. The van der Waals surface area contributed by atoms with Crippen LogP contribution < -0.4 is 0 Å². The smallest absolute Gasteiger partial charge is 0.241 e. The van der Waals surface area contributed by atoms with Crippen molar-refractivity contribution in [3.05, 3.63) is 30.3 Å². The van der Waals surface area contributed by atoms with Gasteiger partial charge in [-0.1, -0.05) is 11.2 Å². The number of likely N-dealkylation sites (tertiary alicyclic amines) is 1. The molecule has 1 aliphatic heterocycles. The van der Waals surface area contributed by atoms with Crippen molar-refractivity contribution in [3.8, 4) is 11.5 Å². The summed E-state index contributed by atoms with van der Waals surface area (Å²) in [7, 11) is 0. The van der Waals surface area contributed by atoms with Crippen LogP contribution in [0.5, 0.6) is 0 Å². The zero-order valence-electron chi connectivity index (χ0n) is 11.4. The van der Waals surface area contributed by atoms with E-state index in [2.05, 4.69) is 20.0 Å². The fourth-order valence-electron chi connectivity index (χ4n) is 2.51. The van der Waals surface area contributed by atoms with Gasteiger partial charge in [0.2, 0.25) is 11.7 Å². The summed E-state index contributed by atoms with van der Waals surface area (Å²) < 4.78 is 5.27. The van der Waals surface area contributed by atoms with Gasteiger partial charge in [-0.15, -0.1) is 0 Å². The summed E-state index contributed by atoms with van der Waals surface area (Å²) in [6, 6.07) is 5.60. The highest BCUT2D eigenvalue weighted by Gasteiger charge is 2.27. The van der Waals surface area contributed by atoms with Crippen molar-refractivity contribution in [1.82, 2.24) is 20.0 Å². The summed E-state index contributed by atoms with van der Waals surface area (Å²) in [6.45, 7) is 4.30.